The van der Waals surface area contributed by atoms with Crippen molar-refractivity contribution in [2.45, 2.75) is 60.3 Å². The molecule has 0 spiro atoms. The molecular formula is C18H32N2S. The van der Waals surface area contributed by atoms with Crippen molar-refractivity contribution >= 4 is 11.3 Å². The summed E-state index contributed by atoms with van der Waals surface area (Å²) in [5.74, 6) is 3.39. The quantitative estimate of drug-likeness (QED) is 0.830. The summed E-state index contributed by atoms with van der Waals surface area (Å²) in [4.78, 5) is 6.18. The molecule has 2 rings (SSSR count). The molecule has 1 aliphatic rings. The van der Waals surface area contributed by atoms with Crippen molar-refractivity contribution in [3.8, 4) is 0 Å². The van der Waals surface area contributed by atoms with Crippen LogP contribution in [0.25, 0.3) is 0 Å². The highest BCUT2D eigenvalue weighted by atomic mass is 32.1. The summed E-state index contributed by atoms with van der Waals surface area (Å²) in [6, 6.07) is 0. The molecule has 0 saturated heterocycles. The van der Waals surface area contributed by atoms with E-state index in [4.69, 9.17) is 4.98 Å². The Bertz CT molecular complexity index is 419. The molecule has 1 fully saturated rings. The van der Waals surface area contributed by atoms with Gasteiger partial charge in [-0.15, -0.1) is 11.3 Å². The van der Waals surface area contributed by atoms with Crippen molar-refractivity contribution in [3.63, 3.8) is 0 Å². The number of aryl methyl sites for hydroxylation is 2. The van der Waals surface area contributed by atoms with Crippen LogP contribution in [0, 0.1) is 37.5 Å². The number of thiazole rings is 1. The fourth-order valence-corrected chi connectivity index (χ4v) is 4.69. The van der Waals surface area contributed by atoms with Gasteiger partial charge in [-0.25, -0.2) is 4.98 Å². The molecule has 1 saturated carbocycles. The van der Waals surface area contributed by atoms with Gasteiger partial charge in [-0.05, 0) is 69.9 Å². The number of nitrogens with zero attached hydrogens (tertiary/aromatic N) is 1. The van der Waals surface area contributed by atoms with Crippen molar-refractivity contribution in [2.75, 3.05) is 13.1 Å². The molecule has 1 heterocycles. The van der Waals surface area contributed by atoms with Gasteiger partial charge < -0.3 is 5.32 Å². The molecule has 120 valence electrons. The standard InChI is InChI=1S/C18H32N2S/c1-6-19-11-16-8-7-15(12(2)3)9-17(16)10-18-20-13(4)14(5)21-18/h12,15-17,19H,6-11H2,1-5H3. The Morgan fingerprint density at radius 2 is 2.00 bits per heavy atom. The third kappa shape index (κ3) is 4.53. The van der Waals surface area contributed by atoms with Crippen LogP contribution in [0.1, 0.15) is 55.6 Å². The molecule has 1 aromatic heterocycles. The van der Waals surface area contributed by atoms with Crippen molar-refractivity contribution in [1.29, 1.82) is 0 Å². The van der Waals surface area contributed by atoms with Gasteiger partial charge in [0.25, 0.3) is 0 Å². The normalized spacial score (nSPS) is 26.5. The summed E-state index contributed by atoms with van der Waals surface area (Å²) in [6.07, 6.45) is 5.40. The maximum Gasteiger partial charge on any atom is 0.0933 e. The zero-order chi connectivity index (χ0) is 15.4. The second kappa shape index (κ2) is 7.73. The molecule has 0 bridgehead atoms. The van der Waals surface area contributed by atoms with Gasteiger partial charge in [0.15, 0.2) is 0 Å². The van der Waals surface area contributed by atoms with Crippen molar-refractivity contribution in [1.82, 2.24) is 10.3 Å². The first-order valence-electron chi connectivity index (χ1n) is 8.64. The Balaban J connectivity index is 2.04. The minimum absolute atomic E-state index is 0.815. The molecule has 3 heteroatoms. The van der Waals surface area contributed by atoms with E-state index in [0.717, 1.165) is 30.2 Å². The lowest BCUT2D eigenvalue weighted by molar-refractivity contribution is 0.145. The number of rotatable bonds is 6. The Labute approximate surface area is 134 Å². The van der Waals surface area contributed by atoms with E-state index in [2.05, 4.69) is 39.9 Å². The molecule has 0 aliphatic heterocycles. The van der Waals surface area contributed by atoms with Crippen molar-refractivity contribution in [2.24, 2.45) is 23.7 Å². The van der Waals surface area contributed by atoms with Gasteiger partial charge in [-0.3, -0.25) is 0 Å². The van der Waals surface area contributed by atoms with Gasteiger partial charge in [-0.2, -0.15) is 0 Å². The van der Waals surface area contributed by atoms with Crippen molar-refractivity contribution in [3.05, 3.63) is 15.6 Å². The summed E-state index contributed by atoms with van der Waals surface area (Å²) in [7, 11) is 0. The van der Waals surface area contributed by atoms with Crippen molar-refractivity contribution < 1.29 is 0 Å². The van der Waals surface area contributed by atoms with Crippen LogP contribution < -0.4 is 5.32 Å². The minimum atomic E-state index is 0.815. The maximum absolute atomic E-state index is 4.79. The first kappa shape index (κ1) is 17.0. The topological polar surface area (TPSA) is 24.9 Å². The van der Waals surface area contributed by atoms with Crippen LogP contribution >= 0.6 is 11.3 Å². The summed E-state index contributed by atoms with van der Waals surface area (Å²) in [5.41, 5.74) is 1.23. The first-order valence-corrected chi connectivity index (χ1v) is 9.46. The molecule has 1 N–H and O–H groups in total. The van der Waals surface area contributed by atoms with E-state index in [0.29, 0.717) is 0 Å². The van der Waals surface area contributed by atoms with Crippen LogP contribution in [0.5, 0.6) is 0 Å². The smallest absolute Gasteiger partial charge is 0.0933 e. The predicted octanol–water partition coefficient (Wildman–Crippen LogP) is 4.60. The lowest BCUT2D eigenvalue weighted by atomic mass is 9.69. The molecule has 0 radical (unpaired) electrons. The third-order valence-corrected chi connectivity index (χ3v) is 6.38. The zero-order valence-corrected chi connectivity index (χ0v) is 15.2. The highest BCUT2D eigenvalue weighted by molar-refractivity contribution is 7.11. The van der Waals surface area contributed by atoms with E-state index in [-0.39, 0.29) is 0 Å². The maximum atomic E-state index is 4.79. The minimum Gasteiger partial charge on any atom is -0.317 e. The summed E-state index contributed by atoms with van der Waals surface area (Å²) >= 11 is 1.91. The fraction of sp³-hybridized carbons (Fsp3) is 0.833. The molecular weight excluding hydrogens is 276 g/mol. The van der Waals surface area contributed by atoms with Gasteiger partial charge in [0.1, 0.15) is 0 Å². The third-order valence-electron chi connectivity index (χ3n) is 5.29. The molecule has 2 nitrogen and oxygen atoms in total. The van der Waals surface area contributed by atoms with Gasteiger partial charge in [0.2, 0.25) is 0 Å². The van der Waals surface area contributed by atoms with Crippen LogP contribution in [0.15, 0.2) is 0 Å². The van der Waals surface area contributed by atoms with Gasteiger partial charge in [0, 0.05) is 11.3 Å². The summed E-state index contributed by atoms with van der Waals surface area (Å²) in [5, 5.41) is 4.94. The molecule has 0 aromatic carbocycles. The zero-order valence-electron chi connectivity index (χ0n) is 14.4. The molecule has 0 amide bonds. The monoisotopic (exact) mass is 308 g/mol. The van der Waals surface area contributed by atoms with Gasteiger partial charge in [-0.1, -0.05) is 20.8 Å². The van der Waals surface area contributed by atoms with E-state index < -0.39 is 0 Å². The van der Waals surface area contributed by atoms with Crippen LogP contribution in [-0.4, -0.2) is 18.1 Å². The predicted molar refractivity (Wildman–Crippen MR) is 93.0 cm³/mol. The average Bonchev–Trinajstić information content (AvgIpc) is 2.75. The summed E-state index contributed by atoms with van der Waals surface area (Å²) < 4.78 is 0. The van der Waals surface area contributed by atoms with E-state index in [9.17, 15) is 0 Å². The van der Waals surface area contributed by atoms with Crippen LogP contribution in [0.4, 0.5) is 0 Å². The van der Waals surface area contributed by atoms with Gasteiger partial charge >= 0.3 is 0 Å². The molecule has 1 aliphatic carbocycles. The fourth-order valence-electron chi connectivity index (χ4n) is 3.67. The lowest BCUT2D eigenvalue weighted by Gasteiger charge is -2.38. The first-order chi connectivity index (χ1) is 10.0. The number of hydrogen-bond acceptors (Lipinski definition) is 3. The van der Waals surface area contributed by atoms with E-state index in [1.54, 1.807) is 0 Å². The van der Waals surface area contributed by atoms with Crippen LogP contribution in [-0.2, 0) is 6.42 Å². The van der Waals surface area contributed by atoms with Gasteiger partial charge in [0.05, 0.1) is 10.7 Å². The van der Waals surface area contributed by atoms with E-state index >= 15 is 0 Å². The van der Waals surface area contributed by atoms with E-state index in [1.165, 1.54) is 47.8 Å². The van der Waals surface area contributed by atoms with Crippen LogP contribution in [0.2, 0.25) is 0 Å². The molecule has 1 aromatic rings. The average molecular weight is 309 g/mol. The number of aromatic nitrogens is 1. The lowest BCUT2D eigenvalue weighted by Crippen LogP contribution is -2.35. The second-order valence-electron chi connectivity index (χ2n) is 7.10. The second-order valence-corrected chi connectivity index (χ2v) is 8.39. The Morgan fingerprint density at radius 1 is 1.24 bits per heavy atom. The molecule has 3 atom stereocenters. The highest BCUT2D eigenvalue weighted by Gasteiger charge is 2.32. The number of hydrogen-bond donors (Lipinski definition) is 1. The number of nitrogens with one attached hydrogen (secondary N) is 1. The molecule has 3 unspecified atom stereocenters. The highest BCUT2D eigenvalue weighted by Crippen LogP contribution is 2.39. The Morgan fingerprint density at radius 3 is 2.57 bits per heavy atom. The summed E-state index contributed by atoms with van der Waals surface area (Å²) in [6.45, 7) is 13.6. The Kier molecular flexibility index (Phi) is 6.24. The molecule has 21 heavy (non-hydrogen) atoms. The van der Waals surface area contributed by atoms with E-state index in [1.807, 2.05) is 11.3 Å². The Hall–Kier alpha value is -0.410. The SMILES string of the molecule is CCNCC1CCC(C(C)C)CC1Cc1nc(C)c(C)s1. The largest absolute Gasteiger partial charge is 0.317 e. The van der Waals surface area contributed by atoms with Crippen LogP contribution in [0.3, 0.4) is 0 Å².